The van der Waals surface area contributed by atoms with E-state index in [1.165, 1.54) is 25.3 Å². The van der Waals surface area contributed by atoms with Crippen molar-refractivity contribution in [1.82, 2.24) is 0 Å². The molecule has 0 aliphatic carbocycles. The summed E-state index contributed by atoms with van der Waals surface area (Å²) in [5, 5.41) is 8.94. The number of carboxylic acids is 1. The van der Waals surface area contributed by atoms with Gasteiger partial charge in [-0.05, 0) is 30.7 Å². The Morgan fingerprint density at radius 3 is 2.24 bits per heavy atom. The van der Waals surface area contributed by atoms with Crippen LogP contribution in [0.1, 0.15) is 15.9 Å². The van der Waals surface area contributed by atoms with Crippen molar-refractivity contribution in [3.63, 3.8) is 0 Å². The van der Waals surface area contributed by atoms with E-state index in [2.05, 4.69) is 0 Å². The average molecular weight is 294 g/mol. The fraction of sp³-hybridized carbons (Fsp3) is 0.133. The third-order valence-corrected chi connectivity index (χ3v) is 2.86. The minimum Gasteiger partial charge on any atom is -0.493 e. The van der Waals surface area contributed by atoms with Gasteiger partial charge in [0.05, 0.1) is 12.7 Å². The maximum Gasteiger partial charge on any atom is 0.335 e. The molecule has 21 heavy (non-hydrogen) atoms. The lowest BCUT2D eigenvalue weighted by Crippen LogP contribution is -2.00. The van der Waals surface area contributed by atoms with Crippen LogP contribution in [0.2, 0.25) is 0 Å². The lowest BCUT2D eigenvalue weighted by Gasteiger charge is -2.12. The highest BCUT2D eigenvalue weighted by Gasteiger charge is 2.14. The van der Waals surface area contributed by atoms with Crippen LogP contribution in [0.3, 0.4) is 0 Å². The van der Waals surface area contributed by atoms with Crippen LogP contribution in [-0.2, 0) is 0 Å². The smallest absolute Gasteiger partial charge is 0.335 e. The van der Waals surface area contributed by atoms with Crippen molar-refractivity contribution in [2.75, 3.05) is 7.11 Å². The molecule has 0 heterocycles. The molecule has 0 fully saturated rings. The number of aryl methyl sites for hydroxylation is 1. The first kappa shape index (κ1) is 14.8. The summed E-state index contributed by atoms with van der Waals surface area (Å²) < 4.78 is 36.7. The van der Waals surface area contributed by atoms with Gasteiger partial charge in [-0.25, -0.2) is 13.6 Å². The van der Waals surface area contributed by atoms with Crippen molar-refractivity contribution >= 4 is 5.97 Å². The first-order valence-electron chi connectivity index (χ1n) is 5.97. The van der Waals surface area contributed by atoms with Gasteiger partial charge in [-0.3, -0.25) is 0 Å². The van der Waals surface area contributed by atoms with E-state index in [9.17, 15) is 13.6 Å². The van der Waals surface area contributed by atoms with Crippen molar-refractivity contribution in [3.8, 4) is 17.2 Å². The zero-order valence-corrected chi connectivity index (χ0v) is 11.3. The van der Waals surface area contributed by atoms with E-state index in [1.54, 1.807) is 6.92 Å². The molecule has 1 N–H and O–H groups in total. The number of halogens is 2. The van der Waals surface area contributed by atoms with E-state index >= 15 is 0 Å². The van der Waals surface area contributed by atoms with Gasteiger partial charge in [-0.15, -0.1) is 0 Å². The molecule has 4 nitrogen and oxygen atoms in total. The van der Waals surface area contributed by atoms with Gasteiger partial charge in [0.2, 0.25) is 0 Å². The quantitative estimate of drug-likeness (QED) is 0.932. The van der Waals surface area contributed by atoms with Gasteiger partial charge >= 0.3 is 5.97 Å². The number of methoxy groups -OCH3 is 1. The summed E-state index contributed by atoms with van der Waals surface area (Å²) in [4.78, 5) is 10.9. The van der Waals surface area contributed by atoms with Gasteiger partial charge < -0.3 is 14.6 Å². The van der Waals surface area contributed by atoms with Crippen molar-refractivity contribution in [2.24, 2.45) is 0 Å². The first-order valence-corrected chi connectivity index (χ1v) is 5.97. The number of ether oxygens (including phenoxy) is 2. The van der Waals surface area contributed by atoms with Crippen molar-refractivity contribution < 1.29 is 28.2 Å². The van der Waals surface area contributed by atoms with Crippen molar-refractivity contribution in [2.45, 2.75) is 6.92 Å². The number of rotatable bonds is 4. The molecule has 2 aromatic carbocycles. The first-order chi connectivity index (χ1) is 9.92. The molecule has 2 rings (SSSR count). The number of hydrogen-bond donors (Lipinski definition) is 1. The summed E-state index contributed by atoms with van der Waals surface area (Å²) in [6, 6.07) is 6.04. The fourth-order valence-electron chi connectivity index (χ4n) is 1.82. The molecule has 0 spiro atoms. The summed E-state index contributed by atoms with van der Waals surface area (Å²) in [6.07, 6.45) is 0. The van der Waals surface area contributed by atoms with Crippen molar-refractivity contribution in [3.05, 3.63) is 53.1 Å². The summed E-state index contributed by atoms with van der Waals surface area (Å²) in [5.41, 5.74) is 0.626. The van der Waals surface area contributed by atoms with E-state index in [0.29, 0.717) is 11.3 Å². The third kappa shape index (κ3) is 3.10. The maximum absolute atomic E-state index is 13.3. The van der Waals surface area contributed by atoms with Crippen LogP contribution in [-0.4, -0.2) is 18.2 Å². The lowest BCUT2D eigenvalue weighted by molar-refractivity contribution is 0.0696. The minimum atomic E-state index is -1.07. The SMILES string of the molecule is COc1cc(F)c(F)cc1Oc1ccc(C(=O)O)c(C)c1. The topological polar surface area (TPSA) is 55.8 Å². The van der Waals surface area contributed by atoms with Gasteiger partial charge in [0.1, 0.15) is 5.75 Å². The Kier molecular flexibility index (Phi) is 4.07. The molecule has 6 heteroatoms. The fourth-order valence-corrected chi connectivity index (χ4v) is 1.82. The zero-order valence-electron chi connectivity index (χ0n) is 11.3. The molecule has 0 bridgehead atoms. The van der Waals surface area contributed by atoms with E-state index < -0.39 is 17.6 Å². The number of aromatic carboxylic acids is 1. The normalized spacial score (nSPS) is 10.3. The predicted molar refractivity (Wildman–Crippen MR) is 71.1 cm³/mol. The summed E-state index contributed by atoms with van der Waals surface area (Å²) in [7, 11) is 1.30. The van der Waals surface area contributed by atoms with Gasteiger partial charge in [-0.2, -0.15) is 0 Å². The van der Waals surface area contributed by atoms with E-state index in [4.69, 9.17) is 14.6 Å². The van der Waals surface area contributed by atoms with E-state index in [1.807, 2.05) is 0 Å². The molecule has 0 aromatic heterocycles. The number of carboxylic acid groups (broad SMARTS) is 1. The van der Waals surface area contributed by atoms with Crippen LogP contribution in [0, 0.1) is 18.6 Å². The van der Waals surface area contributed by atoms with E-state index in [-0.39, 0.29) is 17.1 Å². The van der Waals surface area contributed by atoms with Crippen LogP contribution in [0.5, 0.6) is 17.2 Å². The summed E-state index contributed by atoms with van der Waals surface area (Å²) in [6.45, 7) is 1.61. The standard InChI is InChI=1S/C15H12F2O4/c1-8-5-9(3-4-10(8)15(18)19)21-14-7-12(17)11(16)6-13(14)20-2/h3-7H,1-2H3,(H,18,19). The lowest BCUT2D eigenvalue weighted by atomic mass is 10.1. The molecule has 0 aliphatic heterocycles. The largest absolute Gasteiger partial charge is 0.493 e. The number of carbonyl (C=O) groups is 1. The van der Waals surface area contributed by atoms with Gasteiger partial charge in [-0.1, -0.05) is 0 Å². The second-order valence-corrected chi connectivity index (χ2v) is 4.30. The molecular weight excluding hydrogens is 282 g/mol. The van der Waals surface area contributed by atoms with Crippen LogP contribution >= 0.6 is 0 Å². The van der Waals surface area contributed by atoms with Gasteiger partial charge in [0.25, 0.3) is 0 Å². The predicted octanol–water partition coefficient (Wildman–Crippen LogP) is 3.77. The number of hydrogen-bond acceptors (Lipinski definition) is 3. The average Bonchev–Trinajstić information content (AvgIpc) is 2.42. The molecule has 110 valence electrons. The summed E-state index contributed by atoms with van der Waals surface area (Å²) >= 11 is 0. The van der Waals surface area contributed by atoms with Crippen LogP contribution in [0.4, 0.5) is 8.78 Å². The van der Waals surface area contributed by atoms with Gasteiger partial charge in [0, 0.05) is 12.1 Å². The molecule has 0 saturated carbocycles. The molecule has 0 atom stereocenters. The molecule has 0 aliphatic rings. The van der Waals surface area contributed by atoms with Crippen LogP contribution in [0.15, 0.2) is 30.3 Å². The van der Waals surface area contributed by atoms with Crippen molar-refractivity contribution in [1.29, 1.82) is 0 Å². The highest BCUT2D eigenvalue weighted by atomic mass is 19.2. The Morgan fingerprint density at radius 2 is 1.71 bits per heavy atom. The number of benzene rings is 2. The van der Waals surface area contributed by atoms with Crippen LogP contribution < -0.4 is 9.47 Å². The Morgan fingerprint density at radius 1 is 1.10 bits per heavy atom. The molecule has 0 amide bonds. The summed E-state index contributed by atoms with van der Waals surface area (Å²) in [5.74, 6) is -2.83. The maximum atomic E-state index is 13.3. The molecule has 0 saturated heterocycles. The Hall–Kier alpha value is -2.63. The van der Waals surface area contributed by atoms with Gasteiger partial charge in [0.15, 0.2) is 23.1 Å². The highest BCUT2D eigenvalue weighted by Crippen LogP contribution is 2.34. The third-order valence-electron chi connectivity index (χ3n) is 2.86. The zero-order chi connectivity index (χ0) is 15.6. The Bertz CT molecular complexity index is 698. The van der Waals surface area contributed by atoms with Crippen LogP contribution in [0.25, 0.3) is 0 Å². The minimum absolute atomic E-state index is 0.00104. The second-order valence-electron chi connectivity index (χ2n) is 4.30. The Balaban J connectivity index is 2.36. The highest BCUT2D eigenvalue weighted by molar-refractivity contribution is 5.89. The monoisotopic (exact) mass is 294 g/mol. The molecular formula is C15H12F2O4. The molecule has 0 unspecified atom stereocenters. The molecule has 2 aromatic rings. The molecule has 0 radical (unpaired) electrons. The second kappa shape index (κ2) is 5.78. The Labute approximate surface area is 119 Å². The van der Waals surface area contributed by atoms with E-state index in [0.717, 1.165) is 12.1 Å².